The number of ether oxygens (including phenoxy) is 3. The zero-order chi connectivity index (χ0) is 33.4. The van der Waals surface area contributed by atoms with E-state index in [9.17, 15) is 19.2 Å². The average molecular weight is 640 g/mol. The topological polar surface area (TPSA) is 99.2 Å². The van der Waals surface area contributed by atoms with E-state index in [2.05, 4.69) is 41.5 Å². The zero-order valence-electron chi connectivity index (χ0n) is 29.5. The molecule has 8 nitrogen and oxygen atoms in total. The van der Waals surface area contributed by atoms with E-state index in [1.165, 1.54) is 19.8 Å². The van der Waals surface area contributed by atoms with Crippen molar-refractivity contribution in [1.82, 2.24) is 4.90 Å². The molecule has 6 aliphatic rings. The number of amides is 1. The molecule has 1 saturated heterocycles. The maximum atomic E-state index is 14.6. The summed E-state index contributed by atoms with van der Waals surface area (Å²) in [5.74, 6) is 0.196. The van der Waals surface area contributed by atoms with E-state index in [0.717, 1.165) is 64.2 Å². The van der Waals surface area contributed by atoms with Crippen LogP contribution in [0.2, 0.25) is 0 Å². The summed E-state index contributed by atoms with van der Waals surface area (Å²) in [6.45, 7) is 14.3. The molecule has 256 valence electrons. The van der Waals surface area contributed by atoms with Gasteiger partial charge < -0.3 is 14.2 Å². The van der Waals surface area contributed by atoms with Crippen LogP contribution in [-0.2, 0) is 28.6 Å². The highest BCUT2D eigenvalue weighted by molar-refractivity contribution is 5.95. The Kier molecular flexibility index (Phi) is 8.28. The lowest BCUT2D eigenvalue weighted by Crippen LogP contribution is -2.65. The molecule has 0 bridgehead atoms. The van der Waals surface area contributed by atoms with Crippen LogP contribution in [0.1, 0.15) is 119 Å². The standard InChI is InChI=1S/C38H57NO7/c1-23-24-12-15-38(6)30(36(24,4)14-13-29(23)46-33(43)39-20-10-9-11-27(39)31(41)44-7)28(40)21-25-26-22-35(3,32(42)45-8)17-16-34(26,2)18-19-37(25,38)5/h21,23-24,26-27,29-30H,9-20,22H2,1-8H3/t23-,24?,26-,27?,29+,30?,34-,35+,36+,37-,38-/m1/s1. The van der Waals surface area contributed by atoms with Crippen LogP contribution in [0.4, 0.5) is 4.79 Å². The molecule has 3 unspecified atom stereocenters. The van der Waals surface area contributed by atoms with Gasteiger partial charge in [-0.15, -0.1) is 0 Å². The molecule has 4 saturated carbocycles. The maximum Gasteiger partial charge on any atom is 0.410 e. The van der Waals surface area contributed by atoms with Crippen molar-refractivity contribution in [2.75, 3.05) is 20.8 Å². The number of hydrogen-bond donors (Lipinski definition) is 0. The SMILES string of the molecule is COC(=O)C1CCCCN1C(=O)O[C@H]1CC[C@@]2(C)C(CC[C@]3(C)C2C(=O)C=C2[C@H]4C[C@@](C)(C(=O)OC)CC[C@]4(C)CC[C@]23C)[C@H]1C. The molecule has 5 aliphatic carbocycles. The summed E-state index contributed by atoms with van der Waals surface area (Å²) in [4.78, 5) is 55.1. The highest BCUT2D eigenvalue weighted by atomic mass is 16.6. The third-order valence-electron chi connectivity index (χ3n) is 15.2. The molecule has 0 N–H and O–H groups in total. The molecule has 5 fully saturated rings. The first-order valence-corrected chi connectivity index (χ1v) is 18.0. The molecule has 0 aromatic rings. The number of piperidine rings is 1. The second-order valence-electron chi connectivity index (χ2n) is 17.3. The van der Waals surface area contributed by atoms with Crippen molar-refractivity contribution < 1.29 is 33.4 Å². The highest BCUT2D eigenvalue weighted by Crippen LogP contribution is 2.74. The van der Waals surface area contributed by atoms with Gasteiger partial charge in [0, 0.05) is 12.5 Å². The monoisotopic (exact) mass is 639 g/mol. The predicted octanol–water partition coefficient (Wildman–Crippen LogP) is 7.28. The van der Waals surface area contributed by atoms with Gasteiger partial charge in [0.25, 0.3) is 0 Å². The van der Waals surface area contributed by atoms with Crippen molar-refractivity contribution >= 4 is 23.8 Å². The smallest absolute Gasteiger partial charge is 0.410 e. The molecule has 1 heterocycles. The van der Waals surface area contributed by atoms with E-state index in [1.54, 1.807) is 4.90 Å². The summed E-state index contributed by atoms with van der Waals surface area (Å²) < 4.78 is 16.5. The van der Waals surface area contributed by atoms with Crippen LogP contribution in [0.25, 0.3) is 0 Å². The zero-order valence-corrected chi connectivity index (χ0v) is 29.5. The number of esters is 2. The minimum absolute atomic E-state index is 0.0845. The molecule has 11 atom stereocenters. The highest BCUT2D eigenvalue weighted by Gasteiger charge is 2.69. The van der Waals surface area contributed by atoms with E-state index >= 15 is 0 Å². The van der Waals surface area contributed by atoms with Crippen LogP contribution >= 0.6 is 0 Å². The first kappa shape index (κ1) is 33.5. The maximum absolute atomic E-state index is 14.6. The fourth-order valence-electron chi connectivity index (χ4n) is 12.1. The summed E-state index contributed by atoms with van der Waals surface area (Å²) in [7, 11) is 2.86. The largest absolute Gasteiger partial charge is 0.469 e. The number of rotatable bonds is 3. The van der Waals surface area contributed by atoms with Gasteiger partial charge in [0.15, 0.2) is 5.78 Å². The second kappa shape index (κ2) is 11.4. The summed E-state index contributed by atoms with van der Waals surface area (Å²) in [6.07, 6.45) is 11.9. The average Bonchev–Trinajstić information content (AvgIpc) is 3.03. The number of hydrogen-bond acceptors (Lipinski definition) is 7. The summed E-state index contributed by atoms with van der Waals surface area (Å²) in [6, 6.07) is -0.584. The molecule has 0 radical (unpaired) electrons. The number of methoxy groups -OCH3 is 2. The fourth-order valence-corrected chi connectivity index (χ4v) is 12.1. The van der Waals surface area contributed by atoms with Crippen LogP contribution in [0.5, 0.6) is 0 Å². The van der Waals surface area contributed by atoms with Crippen LogP contribution in [0.15, 0.2) is 11.6 Å². The molecule has 8 heteroatoms. The molecule has 0 spiro atoms. The van der Waals surface area contributed by atoms with E-state index in [0.29, 0.717) is 19.4 Å². The Balaban J connectivity index is 1.27. The summed E-state index contributed by atoms with van der Waals surface area (Å²) >= 11 is 0. The molecular formula is C38H57NO7. The normalized spacial score (nSPS) is 46.8. The minimum atomic E-state index is -0.584. The molecule has 0 aromatic heterocycles. The van der Waals surface area contributed by atoms with Gasteiger partial charge in [0.1, 0.15) is 12.1 Å². The number of ketones is 1. The number of nitrogens with zero attached hydrogens (tertiary/aromatic N) is 1. The Morgan fingerprint density at radius 3 is 2.28 bits per heavy atom. The Hall–Kier alpha value is -2.38. The van der Waals surface area contributed by atoms with Gasteiger partial charge in [-0.05, 0) is 129 Å². The molecule has 1 aliphatic heterocycles. The van der Waals surface area contributed by atoms with Crippen molar-refractivity contribution in [3.8, 4) is 0 Å². The number of likely N-dealkylation sites (tertiary alicyclic amines) is 1. The molecule has 46 heavy (non-hydrogen) atoms. The number of fused-ring (bicyclic) bond motifs is 7. The van der Waals surface area contributed by atoms with Crippen molar-refractivity contribution in [2.45, 2.75) is 131 Å². The number of carbonyl (C=O) groups is 4. The van der Waals surface area contributed by atoms with Crippen molar-refractivity contribution in [3.05, 3.63) is 11.6 Å². The summed E-state index contributed by atoms with van der Waals surface area (Å²) in [5.41, 5.74) is 0.330. The predicted molar refractivity (Wildman–Crippen MR) is 173 cm³/mol. The lowest BCUT2D eigenvalue weighted by molar-refractivity contribution is -0.186. The van der Waals surface area contributed by atoms with Gasteiger partial charge in [-0.3, -0.25) is 14.5 Å². The molecule has 0 aromatic carbocycles. The molecule has 1 amide bonds. The van der Waals surface area contributed by atoms with Gasteiger partial charge >= 0.3 is 18.0 Å². The fraction of sp³-hybridized carbons (Fsp3) is 0.842. The minimum Gasteiger partial charge on any atom is -0.469 e. The Labute approximate surface area is 275 Å². The lowest BCUT2D eigenvalue weighted by atomic mass is 9.34. The van der Waals surface area contributed by atoms with Crippen molar-refractivity contribution in [2.24, 2.45) is 50.7 Å². The van der Waals surface area contributed by atoms with Crippen molar-refractivity contribution in [3.63, 3.8) is 0 Å². The second-order valence-corrected chi connectivity index (χ2v) is 17.3. The van der Waals surface area contributed by atoms with Gasteiger partial charge in [0.2, 0.25) is 0 Å². The van der Waals surface area contributed by atoms with E-state index in [1.807, 2.05) is 6.08 Å². The van der Waals surface area contributed by atoms with Crippen LogP contribution < -0.4 is 0 Å². The van der Waals surface area contributed by atoms with E-state index in [-0.39, 0.29) is 69.2 Å². The van der Waals surface area contributed by atoms with E-state index in [4.69, 9.17) is 14.2 Å². The quantitative estimate of drug-likeness (QED) is 0.236. The van der Waals surface area contributed by atoms with Gasteiger partial charge in [-0.25, -0.2) is 9.59 Å². The van der Waals surface area contributed by atoms with Crippen LogP contribution in [0, 0.1) is 50.7 Å². The van der Waals surface area contributed by atoms with Crippen molar-refractivity contribution in [1.29, 1.82) is 0 Å². The third-order valence-corrected chi connectivity index (χ3v) is 15.2. The summed E-state index contributed by atoms with van der Waals surface area (Å²) in [5, 5.41) is 0. The first-order valence-electron chi connectivity index (χ1n) is 18.0. The Morgan fingerprint density at radius 1 is 0.870 bits per heavy atom. The lowest BCUT2D eigenvalue weighted by Gasteiger charge is -2.69. The van der Waals surface area contributed by atoms with Gasteiger partial charge in [0.05, 0.1) is 19.6 Å². The molecule has 6 rings (SSSR count). The Morgan fingerprint density at radius 2 is 1.59 bits per heavy atom. The first-order chi connectivity index (χ1) is 21.6. The number of carbonyl (C=O) groups excluding carboxylic acids is 4. The Bertz CT molecular complexity index is 1330. The molecular weight excluding hydrogens is 582 g/mol. The van der Waals surface area contributed by atoms with E-state index < -0.39 is 17.6 Å². The van der Waals surface area contributed by atoms with Crippen LogP contribution in [0.3, 0.4) is 0 Å². The van der Waals surface area contributed by atoms with Gasteiger partial charge in [-0.2, -0.15) is 0 Å². The number of allylic oxidation sites excluding steroid dienone is 2. The third kappa shape index (κ3) is 4.72. The van der Waals surface area contributed by atoms with Crippen LogP contribution in [-0.4, -0.2) is 61.6 Å². The van der Waals surface area contributed by atoms with Gasteiger partial charge in [-0.1, -0.05) is 40.2 Å².